The molecule has 1 aliphatic rings. The van der Waals surface area contributed by atoms with Crippen molar-refractivity contribution < 1.29 is 13.7 Å². The zero-order valence-electron chi connectivity index (χ0n) is 14.0. The Balaban J connectivity index is 1.36. The third kappa shape index (κ3) is 2.89. The second kappa shape index (κ2) is 6.40. The molecule has 5 rings (SSSR count). The fraction of sp³-hybridized carbons (Fsp3) is 0.278. The first kappa shape index (κ1) is 15.3. The molecule has 3 aromatic heterocycles. The molecule has 4 heterocycles. The molecule has 1 N–H and O–H groups in total. The molecule has 1 aliphatic heterocycles. The van der Waals surface area contributed by atoms with Crippen molar-refractivity contribution >= 4 is 11.0 Å². The van der Waals surface area contributed by atoms with Crippen LogP contribution in [0, 0.1) is 0 Å². The van der Waals surface area contributed by atoms with Gasteiger partial charge in [-0.1, -0.05) is 5.16 Å². The molecule has 0 aliphatic carbocycles. The van der Waals surface area contributed by atoms with Gasteiger partial charge in [-0.2, -0.15) is 4.98 Å². The van der Waals surface area contributed by atoms with Crippen LogP contribution in [-0.4, -0.2) is 51.3 Å². The Morgan fingerprint density at radius 2 is 2.04 bits per heavy atom. The van der Waals surface area contributed by atoms with Crippen molar-refractivity contribution in [3.05, 3.63) is 42.6 Å². The Hall–Kier alpha value is -2.97. The molecule has 0 atom stereocenters. The number of rotatable bonds is 4. The van der Waals surface area contributed by atoms with E-state index < -0.39 is 0 Å². The highest BCUT2D eigenvalue weighted by Gasteiger charge is 2.16. The van der Waals surface area contributed by atoms with Gasteiger partial charge in [0.25, 0.3) is 5.89 Å². The number of imidazole rings is 1. The minimum Gasteiger partial charge on any atom is -0.467 e. The lowest BCUT2D eigenvalue weighted by Gasteiger charge is -2.25. The number of nitrogens with one attached hydrogen (secondary N) is 1. The van der Waals surface area contributed by atoms with Gasteiger partial charge in [0, 0.05) is 18.7 Å². The van der Waals surface area contributed by atoms with E-state index in [0.717, 1.165) is 60.8 Å². The number of furan rings is 1. The van der Waals surface area contributed by atoms with E-state index in [1.807, 2.05) is 24.3 Å². The molecule has 132 valence electrons. The van der Waals surface area contributed by atoms with Crippen LogP contribution in [0.3, 0.4) is 0 Å². The summed E-state index contributed by atoms with van der Waals surface area (Å²) in [4.78, 5) is 14.1. The van der Waals surface area contributed by atoms with Crippen molar-refractivity contribution in [1.82, 2.24) is 25.0 Å². The number of H-pyrrole nitrogens is 1. The molecule has 4 aromatic rings. The van der Waals surface area contributed by atoms with Crippen LogP contribution >= 0.6 is 0 Å². The van der Waals surface area contributed by atoms with E-state index in [1.165, 1.54) is 0 Å². The van der Waals surface area contributed by atoms with Crippen molar-refractivity contribution in [3.63, 3.8) is 0 Å². The lowest BCUT2D eigenvalue weighted by Crippen LogP contribution is -2.35. The van der Waals surface area contributed by atoms with Gasteiger partial charge in [-0.15, -0.1) is 0 Å². The minimum absolute atomic E-state index is 0.446. The first-order valence-corrected chi connectivity index (χ1v) is 8.50. The number of benzene rings is 1. The maximum Gasteiger partial charge on any atom is 0.261 e. The SMILES string of the molecule is c1nc2ccc(-c3noc(-c4coc(CN5CCOCC5)c4)n3)cc2[nH]1. The van der Waals surface area contributed by atoms with Gasteiger partial charge in [-0.25, -0.2) is 4.98 Å². The number of hydrogen-bond acceptors (Lipinski definition) is 7. The average molecular weight is 351 g/mol. The molecule has 0 unspecified atom stereocenters. The largest absolute Gasteiger partial charge is 0.467 e. The Labute approximate surface area is 148 Å². The summed E-state index contributed by atoms with van der Waals surface area (Å²) in [6.07, 6.45) is 3.32. The van der Waals surface area contributed by atoms with Crippen LogP contribution < -0.4 is 0 Å². The summed E-state index contributed by atoms with van der Waals surface area (Å²) < 4.78 is 16.4. The molecule has 0 amide bonds. The highest BCUT2D eigenvalue weighted by Crippen LogP contribution is 2.26. The summed E-state index contributed by atoms with van der Waals surface area (Å²) in [6, 6.07) is 7.76. The van der Waals surface area contributed by atoms with Crippen molar-refractivity contribution in [2.75, 3.05) is 26.3 Å². The number of ether oxygens (including phenoxy) is 1. The molecule has 1 saturated heterocycles. The van der Waals surface area contributed by atoms with E-state index in [-0.39, 0.29) is 0 Å². The van der Waals surface area contributed by atoms with Crippen molar-refractivity contribution in [2.24, 2.45) is 0 Å². The van der Waals surface area contributed by atoms with E-state index in [2.05, 4.69) is 25.0 Å². The van der Waals surface area contributed by atoms with E-state index in [0.29, 0.717) is 11.7 Å². The number of morpholine rings is 1. The lowest BCUT2D eigenvalue weighted by molar-refractivity contribution is 0.0313. The van der Waals surface area contributed by atoms with Crippen LogP contribution in [-0.2, 0) is 11.3 Å². The van der Waals surface area contributed by atoms with Gasteiger partial charge in [0.05, 0.1) is 42.7 Å². The summed E-state index contributed by atoms with van der Waals surface area (Å²) in [6.45, 7) is 4.11. The number of fused-ring (bicyclic) bond motifs is 1. The molecule has 1 fully saturated rings. The van der Waals surface area contributed by atoms with E-state index in [1.54, 1.807) is 12.6 Å². The van der Waals surface area contributed by atoms with Crippen molar-refractivity contribution in [2.45, 2.75) is 6.54 Å². The number of hydrogen-bond donors (Lipinski definition) is 1. The molecular formula is C18H17N5O3. The predicted octanol–water partition coefficient (Wildman–Crippen LogP) is 2.71. The average Bonchev–Trinajstić information content (AvgIpc) is 3.42. The Kier molecular flexibility index (Phi) is 3.76. The smallest absolute Gasteiger partial charge is 0.261 e. The molecular weight excluding hydrogens is 334 g/mol. The molecule has 26 heavy (non-hydrogen) atoms. The van der Waals surface area contributed by atoms with E-state index >= 15 is 0 Å². The third-order valence-corrected chi connectivity index (χ3v) is 4.49. The van der Waals surface area contributed by atoms with Gasteiger partial charge >= 0.3 is 0 Å². The van der Waals surface area contributed by atoms with Crippen molar-refractivity contribution in [1.29, 1.82) is 0 Å². The van der Waals surface area contributed by atoms with E-state index in [9.17, 15) is 0 Å². The monoisotopic (exact) mass is 351 g/mol. The quantitative estimate of drug-likeness (QED) is 0.604. The van der Waals surface area contributed by atoms with Crippen LogP contribution in [0.25, 0.3) is 33.9 Å². The third-order valence-electron chi connectivity index (χ3n) is 4.49. The highest BCUT2D eigenvalue weighted by atomic mass is 16.5. The summed E-state index contributed by atoms with van der Waals surface area (Å²) in [5.74, 6) is 1.86. The Bertz CT molecular complexity index is 1030. The fourth-order valence-electron chi connectivity index (χ4n) is 3.09. The van der Waals surface area contributed by atoms with Crippen LogP contribution in [0.1, 0.15) is 5.76 Å². The summed E-state index contributed by atoms with van der Waals surface area (Å²) in [5.41, 5.74) is 3.49. The zero-order valence-corrected chi connectivity index (χ0v) is 14.0. The number of aromatic nitrogens is 4. The van der Waals surface area contributed by atoms with Gasteiger partial charge in [0.2, 0.25) is 5.82 Å². The zero-order chi connectivity index (χ0) is 17.3. The standard InChI is InChI=1S/C18H17N5O3/c1-2-15-16(20-11-19-15)8-12(1)17-21-18(26-22-17)13-7-14(25-10-13)9-23-3-5-24-6-4-23/h1-2,7-8,10-11H,3-6,9H2,(H,19,20). The maximum absolute atomic E-state index is 5.66. The second-order valence-electron chi connectivity index (χ2n) is 6.25. The summed E-state index contributed by atoms with van der Waals surface area (Å²) in [7, 11) is 0. The van der Waals surface area contributed by atoms with Crippen LogP contribution in [0.5, 0.6) is 0 Å². The van der Waals surface area contributed by atoms with Gasteiger partial charge in [0.15, 0.2) is 0 Å². The van der Waals surface area contributed by atoms with Crippen LogP contribution in [0.15, 0.2) is 45.8 Å². The van der Waals surface area contributed by atoms with Gasteiger partial charge in [-0.3, -0.25) is 4.90 Å². The normalized spacial score (nSPS) is 15.7. The predicted molar refractivity (Wildman–Crippen MR) is 93.2 cm³/mol. The van der Waals surface area contributed by atoms with E-state index in [4.69, 9.17) is 13.7 Å². The molecule has 0 radical (unpaired) electrons. The Morgan fingerprint density at radius 1 is 1.12 bits per heavy atom. The molecule has 1 aromatic carbocycles. The highest BCUT2D eigenvalue weighted by molar-refractivity contribution is 5.80. The second-order valence-corrected chi connectivity index (χ2v) is 6.25. The number of nitrogens with zero attached hydrogens (tertiary/aromatic N) is 4. The number of aromatic amines is 1. The molecule has 8 heteroatoms. The molecule has 0 saturated carbocycles. The molecule has 0 spiro atoms. The fourth-order valence-corrected chi connectivity index (χ4v) is 3.09. The molecule has 8 nitrogen and oxygen atoms in total. The van der Waals surface area contributed by atoms with Crippen LogP contribution in [0.4, 0.5) is 0 Å². The van der Waals surface area contributed by atoms with Gasteiger partial charge in [-0.05, 0) is 24.3 Å². The molecule has 0 bridgehead atoms. The van der Waals surface area contributed by atoms with Gasteiger partial charge in [0.1, 0.15) is 12.0 Å². The van der Waals surface area contributed by atoms with Gasteiger partial charge < -0.3 is 18.7 Å². The summed E-state index contributed by atoms with van der Waals surface area (Å²) in [5, 5.41) is 4.09. The summed E-state index contributed by atoms with van der Waals surface area (Å²) >= 11 is 0. The first-order chi connectivity index (χ1) is 12.8. The maximum atomic E-state index is 5.66. The first-order valence-electron chi connectivity index (χ1n) is 8.50. The minimum atomic E-state index is 0.446. The topological polar surface area (TPSA) is 93.2 Å². The van der Waals surface area contributed by atoms with Crippen LogP contribution in [0.2, 0.25) is 0 Å². The Morgan fingerprint density at radius 3 is 2.96 bits per heavy atom. The van der Waals surface area contributed by atoms with Crippen molar-refractivity contribution in [3.8, 4) is 22.8 Å². The lowest BCUT2D eigenvalue weighted by atomic mass is 10.2.